The van der Waals surface area contributed by atoms with E-state index < -0.39 is 4.92 Å². The van der Waals surface area contributed by atoms with E-state index in [0.29, 0.717) is 5.56 Å². The third-order valence-corrected chi connectivity index (χ3v) is 2.63. The minimum absolute atomic E-state index is 0.00789. The van der Waals surface area contributed by atoms with Gasteiger partial charge < -0.3 is 5.73 Å². The molecule has 0 unspecified atom stereocenters. The van der Waals surface area contributed by atoms with Gasteiger partial charge in [0, 0.05) is 10.0 Å². The minimum atomic E-state index is -0.531. The van der Waals surface area contributed by atoms with Crippen LogP contribution in [-0.4, -0.2) is 14.9 Å². The van der Waals surface area contributed by atoms with E-state index in [9.17, 15) is 10.1 Å². The Labute approximate surface area is 105 Å². The Morgan fingerprint density at radius 3 is 2.53 bits per heavy atom. The quantitative estimate of drug-likeness (QED) is 0.678. The Hall–Kier alpha value is -2.02. The van der Waals surface area contributed by atoms with E-state index in [0.717, 1.165) is 10.7 Å². The van der Waals surface area contributed by atoms with Crippen molar-refractivity contribution in [1.29, 1.82) is 0 Å². The smallest absolute Gasteiger partial charge is 0.313 e. The molecule has 6 nitrogen and oxygen atoms in total. The highest BCUT2D eigenvalue weighted by molar-refractivity contribution is 9.10. The number of aromatic nitrogens is 2. The van der Waals surface area contributed by atoms with Crippen molar-refractivity contribution in [2.45, 2.75) is 0 Å². The molecule has 2 rings (SSSR count). The van der Waals surface area contributed by atoms with E-state index in [-0.39, 0.29) is 17.3 Å². The largest absolute Gasteiger partial charge is 0.368 e. The van der Waals surface area contributed by atoms with Crippen molar-refractivity contribution in [1.82, 2.24) is 9.97 Å². The number of anilines is 1. The predicted molar refractivity (Wildman–Crippen MR) is 66.2 cm³/mol. The van der Waals surface area contributed by atoms with Gasteiger partial charge in [-0.2, -0.15) is 0 Å². The maximum Gasteiger partial charge on any atom is 0.313 e. The highest BCUT2D eigenvalue weighted by atomic mass is 79.9. The molecule has 0 atom stereocenters. The molecular weight excluding hydrogens is 288 g/mol. The number of nitrogen functional groups attached to an aromatic ring is 1. The molecule has 0 saturated heterocycles. The lowest BCUT2D eigenvalue weighted by Crippen LogP contribution is -2.00. The second-order valence-electron chi connectivity index (χ2n) is 3.23. The minimum Gasteiger partial charge on any atom is -0.368 e. The summed E-state index contributed by atoms with van der Waals surface area (Å²) in [6, 6.07) is 6.99. The Morgan fingerprint density at radius 1 is 1.29 bits per heavy atom. The number of nitrogens with two attached hydrogens (primary N) is 1. The van der Waals surface area contributed by atoms with Gasteiger partial charge in [-0.15, -0.1) is 0 Å². The molecule has 0 spiro atoms. The van der Waals surface area contributed by atoms with Crippen LogP contribution in [0.2, 0.25) is 0 Å². The summed E-state index contributed by atoms with van der Waals surface area (Å²) < 4.78 is 0.880. The number of rotatable bonds is 2. The number of hydrogen-bond acceptors (Lipinski definition) is 5. The Bertz CT molecular complexity index is 571. The van der Waals surface area contributed by atoms with Crippen LogP contribution >= 0.6 is 15.9 Å². The van der Waals surface area contributed by atoms with Gasteiger partial charge in [-0.1, -0.05) is 28.1 Å². The van der Waals surface area contributed by atoms with Crippen LogP contribution in [0, 0.1) is 10.1 Å². The van der Waals surface area contributed by atoms with Crippen LogP contribution in [0.3, 0.4) is 0 Å². The van der Waals surface area contributed by atoms with Crippen LogP contribution in [0.15, 0.2) is 34.9 Å². The van der Waals surface area contributed by atoms with Crippen molar-refractivity contribution in [2.75, 3.05) is 5.73 Å². The second kappa shape index (κ2) is 4.46. The molecule has 0 bridgehead atoms. The van der Waals surface area contributed by atoms with Crippen molar-refractivity contribution >= 4 is 27.6 Å². The molecule has 0 aliphatic rings. The molecule has 2 N–H and O–H groups in total. The first-order chi connectivity index (χ1) is 8.08. The monoisotopic (exact) mass is 294 g/mol. The van der Waals surface area contributed by atoms with Gasteiger partial charge >= 0.3 is 5.69 Å². The van der Waals surface area contributed by atoms with Gasteiger partial charge in [0.25, 0.3) is 0 Å². The van der Waals surface area contributed by atoms with Gasteiger partial charge in [-0.25, -0.2) is 9.97 Å². The molecule has 0 aliphatic heterocycles. The van der Waals surface area contributed by atoms with Crippen LogP contribution < -0.4 is 5.73 Å². The van der Waals surface area contributed by atoms with Gasteiger partial charge in [0.05, 0.1) is 4.92 Å². The van der Waals surface area contributed by atoms with Crippen molar-refractivity contribution in [3.8, 4) is 11.3 Å². The molecule has 2 aromatic rings. The van der Waals surface area contributed by atoms with E-state index in [1.54, 1.807) is 24.3 Å². The zero-order chi connectivity index (χ0) is 12.4. The van der Waals surface area contributed by atoms with E-state index in [1.807, 2.05) is 0 Å². The molecule has 0 aliphatic carbocycles. The normalized spacial score (nSPS) is 10.2. The van der Waals surface area contributed by atoms with Crippen LogP contribution in [0.25, 0.3) is 11.3 Å². The molecule has 1 aromatic carbocycles. The summed E-state index contributed by atoms with van der Waals surface area (Å²) in [5.74, 6) is 0.00789. The molecule has 1 aromatic heterocycles. The summed E-state index contributed by atoms with van der Waals surface area (Å²) in [7, 11) is 0. The lowest BCUT2D eigenvalue weighted by atomic mass is 10.1. The molecule has 17 heavy (non-hydrogen) atoms. The topological polar surface area (TPSA) is 94.9 Å². The first-order valence-electron chi connectivity index (χ1n) is 4.61. The lowest BCUT2D eigenvalue weighted by Gasteiger charge is -2.02. The standard InChI is InChI=1S/C10H7BrN4O2/c11-7-3-1-6(2-4-7)9-8(15(16)17)5-13-10(12)14-9/h1-5H,(H2,12,13,14). The molecular formula is C10H7BrN4O2. The summed E-state index contributed by atoms with van der Waals surface area (Å²) in [5, 5.41) is 10.8. The Balaban J connectivity index is 2.60. The molecule has 1 heterocycles. The summed E-state index contributed by atoms with van der Waals surface area (Å²) in [6.07, 6.45) is 1.11. The average Bonchev–Trinajstić information content (AvgIpc) is 2.29. The number of benzene rings is 1. The van der Waals surface area contributed by atoms with Crippen LogP contribution in [0.1, 0.15) is 0 Å². The number of nitrogens with zero attached hydrogens (tertiary/aromatic N) is 3. The molecule has 0 radical (unpaired) electrons. The average molecular weight is 295 g/mol. The molecule has 0 fully saturated rings. The van der Waals surface area contributed by atoms with Crippen molar-refractivity contribution in [2.24, 2.45) is 0 Å². The highest BCUT2D eigenvalue weighted by Crippen LogP contribution is 2.28. The van der Waals surface area contributed by atoms with Crippen molar-refractivity contribution in [3.63, 3.8) is 0 Å². The van der Waals surface area contributed by atoms with Crippen molar-refractivity contribution in [3.05, 3.63) is 45.0 Å². The van der Waals surface area contributed by atoms with E-state index in [4.69, 9.17) is 5.73 Å². The zero-order valence-corrected chi connectivity index (χ0v) is 10.1. The van der Waals surface area contributed by atoms with Gasteiger partial charge in [0.15, 0.2) is 5.69 Å². The Kier molecular flexibility index (Phi) is 3.01. The number of nitro groups is 1. The van der Waals surface area contributed by atoms with Gasteiger partial charge in [0.2, 0.25) is 5.95 Å². The summed E-state index contributed by atoms with van der Waals surface area (Å²) in [5.41, 5.74) is 6.11. The molecule has 7 heteroatoms. The van der Waals surface area contributed by atoms with Crippen LogP contribution in [0.5, 0.6) is 0 Å². The maximum absolute atomic E-state index is 10.8. The van der Waals surface area contributed by atoms with Gasteiger partial charge in [-0.3, -0.25) is 10.1 Å². The maximum atomic E-state index is 10.8. The van der Waals surface area contributed by atoms with E-state index >= 15 is 0 Å². The first-order valence-corrected chi connectivity index (χ1v) is 5.40. The third-order valence-electron chi connectivity index (χ3n) is 2.10. The van der Waals surface area contributed by atoms with Crippen LogP contribution in [-0.2, 0) is 0 Å². The lowest BCUT2D eigenvalue weighted by molar-refractivity contribution is -0.384. The van der Waals surface area contributed by atoms with E-state index in [2.05, 4.69) is 25.9 Å². The van der Waals surface area contributed by atoms with Crippen LogP contribution in [0.4, 0.5) is 11.6 Å². The molecule has 86 valence electrons. The van der Waals surface area contributed by atoms with Crippen molar-refractivity contribution < 1.29 is 4.92 Å². The van der Waals surface area contributed by atoms with Gasteiger partial charge in [0.1, 0.15) is 6.20 Å². The second-order valence-corrected chi connectivity index (χ2v) is 4.14. The molecule has 0 amide bonds. The SMILES string of the molecule is Nc1ncc([N+](=O)[O-])c(-c2ccc(Br)cc2)n1. The summed E-state index contributed by atoms with van der Waals surface area (Å²) >= 11 is 3.29. The number of halogens is 1. The van der Waals surface area contributed by atoms with E-state index in [1.165, 1.54) is 0 Å². The summed E-state index contributed by atoms with van der Waals surface area (Å²) in [4.78, 5) is 17.8. The molecule has 0 saturated carbocycles. The zero-order valence-electron chi connectivity index (χ0n) is 8.50. The third kappa shape index (κ3) is 2.39. The highest BCUT2D eigenvalue weighted by Gasteiger charge is 2.17. The fourth-order valence-corrected chi connectivity index (χ4v) is 1.61. The number of hydrogen-bond donors (Lipinski definition) is 1. The predicted octanol–water partition coefficient (Wildman–Crippen LogP) is 2.40. The summed E-state index contributed by atoms with van der Waals surface area (Å²) in [6.45, 7) is 0. The Morgan fingerprint density at radius 2 is 1.94 bits per heavy atom. The first kappa shape index (κ1) is 11.5. The van der Waals surface area contributed by atoms with Gasteiger partial charge in [-0.05, 0) is 12.1 Å². The fraction of sp³-hybridized carbons (Fsp3) is 0. The fourth-order valence-electron chi connectivity index (χ4n) is 1.34.